The molecule has 2 aromatic rings. The van der Waals surface area contributed by atoms with E-state index in [0.717, 1.165) is 22.4 Å². The van der Waals surface area contributed by atoms with Crippen molar-refractivity contribution in [2.75, 3.05) is 14.2 Å². The van der Waals surface area contributed by atoms with Gasteiger partial charge in [0.05, 0.1) is 7.11 Å². The van der Waals surface area contributed by atoms with Crippen molar-refractivity contribution < 1.29 is 9.13 Å². The van der Waals surface area contributed by atoms with Gasteiger partial charge in [0, 0.05) is 12.1 Å². The number of rotatable bonds is 4. The molecule has 0 saturated carbocycles. The van der Waals surface area contributed by atoms with Crippen LogP contribution in [0.1, 0.15) is 11.1 Å². The van der Waals surface area contributed by atoms with Gasteiger partial charge in [-0.3, -0.25) is 0 Å². The Kier molecular flexibility index (Phi) is 4.17. The zero-order valence-electron chi connectivity index (χ0n) is 11.5. The summed E-state index contributed by atoms with van der Waals surface area (Å²) in [4.78, 5) is 0. The number of nitrogens with one attached hydrogen (secondary N) is 1. The van der Waals surface area contributed by atoms with Gasteiger partial charge in [-0.25, -0.2) is 4.39 Å². The molecule has 0 aromatic heterocycles. The Morgan fingerprint density at radius 2 is 1.95 bits per heavy atom. The molecule has 0 fully saturated rings. The maximum absolute atomic E-state index is 13.6. The fraction of sp³-hybridized carbons (Fsp3) is 0.250. The van der Waals surface area contributed by atoms with E-state index in [9.17, 15) is 4.39 Å². The van der Waals surface area contributed by atoms with Gasteiger partial charge in [-0.2, -0.15) is 0 Å². The van der Waals surface area contributed by atoms with E-state index < -0.39 is 0 Å². The van der Waals surface area contributed by atoms with Crippen LogP contribution in [-0.4, -0.2) is 14.2 Å². The number of ether oxygens (including phenoxy) is 1. The molecule has 0 spiro atoms. The van der Waals surface area contributed by atoms with Gasteiger partial charge in [0.15, 0.2) is 0 Å². The number of halogens is 1. The van der Waals surface area contributed by atoms with Crippen LogP contribution in [0.5, 0.6) is 5.75 Å². The highest BCUT2D eigenvalue weighted by Gasteiger charge is 2.07. The van der Waals surface area contributed by atoms with Crippen LogP contribution in [-0.2, 0) is 6.54 Å². The quantitative estimate of drug-likeness (QED) is 0.907. The smallest absolute Gasteiger partial charge is 0.127 e. The van der Waals surface area contributed by atoms with Crippen LogP contribution in [0.25, 0.3) is 11.1 Å². The minimum atomic E-state index is -0.177. The predicted octanol–water partition coefficient (Wildman–Crippen LogP) is 3.53. The van der Waals surface area contributed by atoms with Crippen molar-refractivity contribution in [1.29, 1.82) is 0 Å². The third-order valence-corrected chi connectivity index (χ3v) is 3.16. The van der Waals surface area contributed by atoms with Crippen LogP contribution in [0, 0.1) is 12.7 Å². The molecular weight excluding hydrogens is 241 g/mol. The predicted molar refractivity (Wildman–Crippen MR) is 75.9 cm³/mol. The lowest BCUT2D eigenvalue weighted by Crippen LogP contribution is -2.07. The van der Waals surface area contributed by atoms with E-state index in [1.54, 1.807) is 7.11 Å². The fourth-order valence-electron chi connectivity index (χ4n) is 2.16. The third-order valence-electron chi connectivity index (χ3n) is 3.16. The molecule has 19 heavy (non-hydrogen) atoms. The second kappa shape index (κ2) is 5.85. The van der Waals surface area contributed by atoms with Crippen molar-refractivity contribution in [3.63, 3.8) is 0 Å². The molecular formula is C16H18FNO. The topological polar surface area (TPSA) is 21.3 Å². The Balaban J connectivity index is 2.44. The van der Waals surface area contributed by atoms with Gasteiger partial charge < -0.3 is 10.1 Å². The van der Waals surface area contributed by atoms with E-state index in [0.29, 0.717) is 12.1 Å². The number of benzene rings is 2. The highest BCUT2D eigenvalue weighted by Crippen LogP contribution is 2.28. The van der Waals surface area contributed by atoms with E-state index in [1.165, 1.54) is 6.07 Å². The molecule has 0 aliphatic heterocycles. The lowest BCUT2D eigenvalue weighted by Gasteiger charge is -2.10. The molecule has 0 unspecified atom stereocenters. The van der Waals surface area contributed by atoms with Crippen molar-refractivity contribution in [2.45, 2.75) is 13.5 Å². The summed E-state index contributed by atoms with van der Waals surface area (Å²) in [6.45, 7) is 2.55. The Labute approximate surface area is 113 Å². The van der Waals surface area contributed by atoms with Gasteiger partial charge in [-0.05, 0) is 54.9 Å². The highest BCUT2D eigenvalue weighted by molar-refractivity contribution is 5.68. The van der Waals surface area contributed by atoms with Crippen molar-refractivity contribution >= 4 is 0 Å². The molecule has 0 amide bonds. The molecule has 0 heterocycles. The van der Waals surface area contributed by atoms with E-state index in [1.807, 2.05) is 44.3 Å². The van der Waals surface area contributed by atoms with Gasteiger partial charge in [-0.15, -0.1) is 0 Å². The molecule has 0 radical (unpaired) electrons. The van der Waals surface area contributed by atoms with E-state index in [2.05, 4.69) is 5.32 Å². The van der Waals surface area contributed by atoms with Crippen LogP contribution in [0.3, 0.4) is 0 Å². The van der Waals surface area contributed by atoms with Crippen molar-refractivity contribution in [2.24, 2.45) is 0 Å². The molecule has 2 aromatic carbocycles. The maximum atomic E-state index is 13.6. The third kappa shape index (κ3) is 2.93. The largest absolute Gasteiger partial charge is 0.497 e. The second-order valence-electron chi connectivity index (χ2n) is 4.52. The summed E-state index contributed by atoms with van der Waals surface area (Å²) in [6.07, 6.45) is 0. The van der Waals surface area contributed by atoms with Crippen molar-refractivity contribution in [3.8, 4) is 16.9 Å². The summed E-state index contributed by atoms with van der Waals surface area (Å²) in [7, 11) is 3.46. The summed E-state index contributed by atoms with van der Waals surface area (Å²) in [5.41, 5.74) is 3.90. The zero-order valence-corrected chi connectivity index (χ0v) is 11.5. The van der Waals surface area contributed by atoms with Crippen LogP contribution < -0.4 is 10.1 Å². The summed E-state index contributed by atoms with van der Waals surface area (Å²) in [5, 5.41) is 2.98. The second-order valence-corrected chi connectivity index (χ2v) is 4.52. The van der Waals surface area contributed by atoms with E-state index in [-0.39, 0.29) is 5.82 Å². The molecule has 0 aliphatic rings. The first kappa shape index (κ1) is 13.6. The molecule has 1 N–H and O–H groups in total. The van der Waals surface area contributed by atoms with Gasteiger partial charge in [0.25, 0.3) is 0 Å². The minimum absolute atomic E-state index is 0.177. The summed E-state index contributed by atoms with van der Waals surface area (Å²) in [6, 6.07) is 11.1. The first-order valence-electron chi connectivity index (χ1n) is 6.23. The monoisotopic (exact) mass is 259 g/mol. The van der Waals surface area contributed by atoms with Crippen LogP contribution in [0.2, 0.25) is 0 Å². The molecule has 0 atom stereocenters. The van der Waals surface area contributed by atoms with Crippen LogP contribution in [0.4, 0.5) is 4.39 Å². The van der Waals surface area contributed by atoms with Gasteiger partial charge >= 0.3 is 0 Å². The lowest BCUT2D eigenvalue weighted by molar-refractivity contribution is 0.414. The zero-order chi connectivity index (χ0) is 13.8. The van der Waals surface area contributed by atoms with Crippen molar-refractivity contribution in [3.05, 3.63) is 53.3 Å². The maximum Gasteiger partial charge on any atom is 0.127 e. The Hall–Kier alpha value is -1.87. The SMILES string of the molecule is CNCc1cc(-c2ccc(OC)cc2C)ccc1F. The molecule has 2 nitrogen and oxygen atoms in total. The van der Waals surface area contributed by atoms with Gasteiger partial charge in [0.1, 0.15) is 11.6 Å². The number of hydrogen-bond acceptors (Lipinski definition) is 2. The summed E-state index contributed by atoms with van der Waals surface area (Å²) >= 11 is 0. The Bertz CT molecular complexity index is 581. The minimum Gasteiger partial charge on any atom is -0.497 e. The molecule has 3 heteroatoms. The lowest BCUT2D eigenvalue weighted by atomic mass is 9.98. The molecule has 0 aliphatic carbocycles. The average molecular weight is 259 g/mol. The van der Waals surface area contributed by atoms with Crippen molar-refractivity contribution in [1.82, 2.24) is 5.32 Å². The standard InChI is InChI=1S/C16H18FNO/c1-11-8-14(19-3)5-6-15(11)12-4-7-16(17)13(9-12)10-18-2/h4-9,18H,10H2,1-3H3. The summed E-state index contributed by atoms with van der Waals surface area (Å²) < 4.78 is 18.8. The van der Waals surface area contributed by atoms with Crippen LogP contribution in [0.15, 0.2) is 36.4 Å². The van der Waals surface area contributed by atoms with E-state index in [4.69, 9.17) is 4.74 Å². The molecule has 2 rings (SSSR count). The van der Waals surface area contributed by atoms with Crippen LogP contribution >= 0.6 is 0 Å². The summed E-state index contributed by atoms with van der Waals surface area (Å²) in [5.74, 6) is 0.656. The fourth-order valence-corrected chi connectivity index (χ4v) is 2.16. The number of hydrogen-bond donors (Lipinski definition) is 1. The Morgan fingerprint density at radius 1 is 1.16 bits per heavy atom. The first-order chi connectivity index (χ1) is 9.15. The molecule has 0 saturated heterocycles. The average Bonchev–Trinajstić information content (AvgIpc) is 2.41. The number of methoxy groups -OCH3 is 1. The van der Waals surface area contributed by atoms with Gasteiger partial charge in [0.2, 0.25) is 0 Å². The van der Waals surface area contributed by atoms with E-state index >= 15 is 0 Å². The number of aryl methyl sites for hydroxylation is 1. The molecule has 100 valence electrons. The first-order valence-corrected chi connectivity index (χ1v) is 6.23. The van der Waals surface area contributed by atoms with Gasteiger partial charge in [-0.1, -0.05) is 12.1 Å². The Morgan fingerprint density at radius 3 is 2.58 bits per heavy atom. The normalized spacial score (nSPS) is 10.5. The highest BCUT2D eigenvalue weighted by atomic mass is 19.1. The molecule has 0 bridgehead atoms.